The number of amides is 1. The second kappa shape index (κ2) is 6.70. The number of carbonyl (C=O) groups excluding carboxylic acids is 1. The summed E-state index contributed by atoms with van der Waals surface area (Å²) in [6.45, 7) is 10.1. The first-order chi connectivity index (χ1) is 11.7. The predicted octanol–water partition coefficient (Wildman–Crippen LogP) is 1.53. The maximum absolute atomic E-state index is 14.2. The van der Waals surface area contributed by atoms with Crippen LogP contribution in [0.2, 0.25) is 0 Å². The summed E-state index contributed by atoms with van der Waals surface area (Å²) < 4.78 is 31.5. The van der Waals surface area contributed by atoms with Crippen LogP contribution in [-0.4, -0.2) is 55.4 Å². The van der Waals surface area contributed by atoms with E-state index in [1.54, 1.807) is 17.0 Å². The highest BCUT2D eigenvalue weighted by Crippen LogP contribution is 2.36. The van der Waals surface area contributed by atoms with Crippen LogP contribution in [0.5, 0.6) is 0 Å². The van der Waals surface area contributed by atoms with Crippen LogP contribution in [0.4, 0.5) is 4.39 Å². The number of hydrogen-bond acceptors (Lipinski definition) is 4. The van der Waals surface area contributed by atoms with E-state index in [0.717, 1.165) is 5.46 Å². The first-order valence-electron chi connectivity index (χ1n) is 8.69. The Morgan fingerprint density at radius 2 is 1.76 bits per heavy atom. The summed E-state index contributed by atoms with van der Waals surface area (Å²) >= 11 is 0. The fourth-order valence-corrected chi connectivity index (χ4v) is 2.94. The molecule has 0 spiro atoms. The molecule has 2 fully saturated rings. The molecule has 2 saturated heterocycles. The van der Waals surface area contributed by atoms with Crippen LogP contribution in [0.3, 0.4) is 0 Å². The maximum atomic E-state index is 14.2. The zero-order valence-electron chi connectivity index (χ0n) is 15.3. The van der Waals surface area contributed by atoms with Crippen LogP contribution >= 0.6 is 0 Å². The van der Waals surface area contributed by atoms with Crippen LogP contribution in [0.15, 0.2) is 18.2 Å². The highest BCUT2D eigenvalue weighted by molar-refractivity contribution is 6.62. The van der Waals surface area contributed by atoms with E-state index in [2.05, 4.69) is 0 Å². The van der Waals surface area contributed by atoms with Gasteiger partial charge in [0.25, 0.3) is 0 Å². The number of benzene rings is 1. The number of ether oxygens (including phenoxy) is 1. The molecule has 1 amide bonds. The van der Waals surface area contributed by atoms with Gasteiger partial charge < -0.3 is 18.9 Å². The van der Waals surface area contributed by atoms with Gasteiger partial charge in [-0.05, 0) is 44.8 Å². The van der Waals surface area contributed by atoms with Crippen LogP contribution in [0.25, 0.3) is 0 Å². The van der Waals surface area contributed by atoms with Crippen molar-refractivity contribution in [3.05, 3.63) is 29.6 Å². The standard InChI is InChI=1S/C18H25BFNO4/c1-17(2)18(3,4)25-19(24-17)14-5-6-15(20)13(11-14)12-16(22)21-7-9-23-10-8-21/h5-6,11H,7-10,12H2,1-4H3. The molecule has 0 bridgehead atoms. The summed E-state index contributed by atoms with van der Waals surface area (Å²) in [5, 5.41) is 0. The Labute approximate surface area is 148 Å². The van der Waals surface area contributed by atoms with Crippen molar-refractivity contribution in [3.63, 3.8) is 0 Å². The molecule has 2 aliphatic rings. The molecular formula is C18H25BFNO4. The third-order valence-electron chi connectivity index (χ3n) is 5.30. The van der Waals surface area contributed by atoms with Crippen LogP contribution < -0.4 is 5.46 Å². The van der Waals surface area contributed by atoms with Gasteiger partial charge in [0.2, 0.25) is 5.91 Å². The van der Waals surface area contributed by atoms with Gasteiger partial charge in [-0.2, -0.15) is 0 Å². The second-order valence-electron chi connectivity index (χ2n) is 7.61. The average molecular weight is 349 g/mol. The fraction of sp³-hybridized carbons (Fsp3) is 0.611. The molecule has 0 atom stereocenters. The second-order valence-corrected chi connectivity index (χ2v) is 7.61. The number of morpholine rings is 1. The van der Waals surface area contributed by atoms with E-state index < -0.39 is 18.3 Å². The molecule has 25 heavy (non-hydrogen) atoms. The normalized spacial score (nSPS) is 22.3. The Kier molecular flexibility index (Phi) is 4.92. The van der Waals surface area contributed by atoms with Gasteiger partial charge in [-0.25, -0.2) is 4.39 Å². The van der Waals surface area contributed by atoms with Crippen molar-refractivity contribution < 1.29 is 23.2 Å². The van der Waals surface area contributed by atoms with Gasteiger partial charge >= 0.3 is 7.12 Å². The summed E-state index contributed by atoms with van der Waals surface area (Å²) in [7, 11) is -0.567. The number of carbonyl (C=O) groups is 1. The lowest BCUT2D eigenvalue weighted by molar-refractivity contribution is -0.134. The molecule has 136 valence electrons. The lowest BCUT2D eigenvalue weighted by Gasteiger charge is -2.32. The van der Waals surface area contributed by atoms with Crippen LogP contribution in [0, 0.1) is 5.82 Å². The first kappa shape index (κ1) is 18.4. The number of nitrogens with zero attached hydrogens (tertiary/aromatic N) is 1. The number of halogens is 1. The smallest absolute Gasteiger partial charge is 0.399 e. The summed E-state index contributed by atoms with van der Waals surface area (Å²) in [4.78, 5) is 14.1. The molecule has 5 nitrogen and oxygen atoms in total. The Morgan fingerprint density at radius 1 is 1.16 bits per heavy atom. The number of hydrogen-bond donors (Lipinski definition) is 0. The lowest BCUT2D eigenvalue weighted by Crippen LogP contribution is -2.41. The van der Waals surface area contributed by atoms with Crippen LogP contribution in [0.1, 0.15) is 33.3 Å². The van der Waals surface area contributed by atoms with Gasteiger partial charge in [0.1, 0.15) is 5.82 Å². The molecule has 0 saturated carbocycles. The van der Waals surface area contributed by atoms with Crippen molar-refractivity contribution in [2.45, 2.75) is 45.3 Å². The Bertz CT molecular complexity index is 642. The van der Waals surface area contributed by atoms with Gasteiger partial charge in [0, 0.05) is 13.1 Å². The van der Waals surface area contributed by atoms with Gasteiger partial charge in [-0.15, -0.1) is 0 Å². The molecule has 0 unspecified atom stereocenters. The molecule has 1 aromatic rings. The van der Waals surface area contributed by atoms with E-state index in [4.69, 9.17) is 14.0 Å². The van der Waals surface area contributed by atoms with E-state index in [0.29, 0.717) is 31.9 Å². The van der Waals surface area contributed by atoms with Crippen molar-refractivity contribution in [3.8, 4) is 0 Å². The SMILES string of the molecule is CC1(C)OB(c2ccc(F)c(CC(=O)N3CCOCC3)c2)OC1(C)C. The lowest BCUT2D eigenvalue weighted by atomic mass is 9.78. The van der Waals surface area contributed by atoms with Crippen molar-refractivity contribution >= 4 is 18.5 Å². The Balaban J connectivity index is 1.76. The maximum Gasteiger partial charge on any atom is 0.494 e. The highest BCUT2D eigenvalue weighted by atomic mass is 19.1. The third kappa shape index (κ3) is 3.73. The molecule has 0 aliphatic carbocycles. The van der Waals surface area contributed by atoms with Crippen molar-refractivity contribution in [2.75, 3.05) is 26.3 Å². The predicted molar refractivity (Wildman–Crippen MR) is 93.2 cm³/mol. The van der Waals surface area contributed by atoms with Crippen molar-refractivity contribution in [1.29, 1.82) is 0 Å². The summed E-state index contributed by atoms with van der Waals surface area (Å²) in [5.41, 5.74) is 0.166. The third-order valence-corrected chi connectivity index (χ3v) is 5.30. The quantitative estimate of drug-likeness (QED) is 0.777. The van der Waals surface area contributed by atoms with E-state index >= 15 is 0 Å². The molecule has 2 aliphatic heterocycles. The van der Waals surface area contributed by atoms with Gasteiger partial charge in [-0.3, -0.25) is 4.79 Å². The minimum Gasteiger partial charge on any atom is -0.399 e. The van der Waals surface area contributed by atoms with E-state index in [1.807, 2.05) is 27.7 Å². The fourth-order valence-electron chi connectivity index (χ4n) is 2.94. The molecule has 0 N–H and O–H groups in total. The van der Waals surface area contributed by atoms with Gasteiger partial charge in [-0.1, -0.05) is 12.1 Å². The topological polar surface area (TPSA) is 48.0 Å². The van der Waals surface area contributed by atoms with Gasteiger partial charge in [0.15, 0.2) is 0 Å². The van der Waals surface area contributed by atoms with Gasteiger partial charge in [0.05, 0.1) is 30.8 Å². The van der Waals surface area contributed by atoms with Crippen LogP contribution in [-0.2, 0) is 25.3 Å². The highest BCUT2D eigenvalue weighted by Gasteiger charge is 2.51. The molecular weight excluding hydrogens is 324 g/mol. The summed E-state index contributed by atoms with van der Waals surface area (Å²) in [5.74, 6) is -0.477. The molecule has 0 radical (unpaired) electrons. The molecule has 0 aromatic heterocycles. The van der Waals surface area contributed by atoms with E-state index in [-0.39, 0.29) is 18.1 Å². The summed E-state index contributed by atoms with van der Waals surface area (Å²) in [6.07, 6.45) is 0.0270. The largest absolute Gasteiger partial charge is 0.494 e. The number of rotatable bonds is 3. The minimum atomic E-state index is -0.567. The Hall–Kier alpha value is -1.44. The van der Waals surface area contributed by atoms with E-state index in [9.17, 15) is 9.18 Å². The zero-order chi connectivity index (χ0) is 18.2. The van der Waals surface area contributed by atoms with Crippen molar-refractivity contribution in [2.24, 2.45) is 0 Å². The molecule has 2 heterocycles. The molecule has 1 aromatic carbocycles. The molecule has 7 heteroatoms. The minimum absolute atomic E-state index is 0.0270. The Morgan fingerprint density at radius 3 is 2.36 bits per heavy atom. The monoisotopic (exact) mass is 349 g/mol. The van der Waals surface area contributed by atoms with E-state index in [1.165, 1.54) is 6.07 Å². The zero-order valence-corrected chi connectivity index (χ0v) is 15.3. The average Bonchev–Trinajstić information content (AvgIpc) is 2.78. The summed E-state index contributed by atoms with van der Waals surface area (Å²) in [6, 6.07) is 4.71. The first-order valence-corrected chi connectivity index (χ1v) is 8.69. The van der Waals surface area contributed by atoms with Crippen molar-refractivity contribution in [1.82, 2.24) is 4.90 Å². The molecule has 3 rings (SSSR count).